The van der Waals surface area contributed by atoms with Crippen LogP contribution in [0.15, 0.2) is 87.8 Å². The second-order valence-corrected chi connectivity index (χ2v) is 11.9. The second kappa shape index (κ2) is 13.0. The molecule has 1 aliphatic rings. The molecular formula is C34H33ClN2O5S. The molecule has 1 aliphatic heterocycles. The molecule has 7 nitrogen and oxygen atoms in total. The van der Waals surface area contributed by atoms with Gasteiger partial charge in [-0.15, -0.1) is 0 Å². The van der Waals surface area contributed by atoms with E-state index in [0.717, 1.165) is 11.1 Å². The van der Waals surface area contributed by atoms with Crippen molar-refractivity contribution in [3.63, 3.8) is 0 Å². The first-order chi connectivity index (χ1) is 20.7. The summed E-state index contributed by atoms with van der Waals surface area (Å²) in [6.07, 6.45) is 1.46. The van der Waals surface area contributed by atoms with Gasteiger partial charge in [-0.3, -0.25) is 9.36 Å². The Morgan fingerprint density at radius 1 is 1.05 bits per heavy atom. The average Bonchev–Trinajstić information content (AvgIpc) is 3.26. The smallest absolute Gasteiger partial charge is 0.338 e. The third-order valence-electron chi connectivity index (χ3n) is 6.83. The lowest BCUT2D eigenvalue weighted by Gasteiger charge is -2.26. The van der Waals surface area contributed by atoms with Crippen LogP contribution < -0.4 is 24.4 Å². The van der Waals surface area contributed by atoms with Gasteiger partial charge in [-0.05, 0) is 75.6 Å². The Morgan fingerprint density at radius 3 is 2.56 bits per heavy atom. The van der Waals surface area contributed by atoms with Crippen molar-refractivity contribution in [2.24, 2.45) is 4.99 Å². The Kier molecular flexibility index (Phi) is 9.18. The largest absolute Gasteiger partial charge is 0.490 e. The monoisotopic (exact) mass is 616 g/mol. The molecular weight excluding hydrogens is 584 g/mol. The highest BCUT2D eigenvalue weighted by atomic mass is 35.5. The zero-order valence-corrected chi connectivity index (χ0v) is 26.3. The van der Waals surface area contributed by atoms with Gasteiger partial charge < -0.3 is 14.2 Å². The summed E-state index contributed by atoms with van der Waals surface area (Å²) < 4.78 is 19.5. The summed E-state index contributed by atoms with van der Waals surface area (Å²) in [4.78, 5) is 32.4. The van der Waals surface area contributed by atoms with Crippen LogP contribution in [0, 0.1) is 6.92 Å². The number of hydrogen-bond donors (Lipinski definition) is 0. The molecule has 9 heteroatoms. The normalized spacial score (nSPS) is 14.9. The van der Waals surface area contributed by atoms with E-state index in [2.05, 4.69) is 11.1 Å². The lowest BCUT2D eigenvalue weighted by atomic mass is 9.96. The number of benzene rings is 3. The van der Waals surface area contributed by atoms with E-state index < -0.39 is 12.0 Å². The highest BCUT2D eigenvalue weighted by Gasteiger charge is 2.34. The molecule has 0 aliphatic carbocycles. The Hall–Kier alpha value is -4.14. The fourth-order valence-electron chi connectivity index (χ4n) is 4.97. The number of aromatic nitrogens is 1. The summed E-state index contributed by atoms with van der Waals surface area (Å²) in [5.74, 6) is 0.669. The molecule has 5 rings (SSSR count). The van der Waals surface area contributed by atoms with Crippen molar-refractivity contribution in [3.05, 3.63) is 125 Å². The van der Waals surface area contributed by atoms with Crippen LogP contribution in [0.1, 0.15) is 56.0 Å². The van der Waals surface area contributed by atoms with Crippen molar-refractivity contribution in [3.8, 4) is 11.5 Å². The number of carbonyl (C=O) groups excluding carboxylic acids is 1. The van der Waals surface area contributed by atoms with Crippen molar-refractivity contribution in [1.29, 1.82) is 0 Å². The van der Waals surface area contributed by atoms with Crippen molar-refractivity contribution >= 4 is 35.0 Å². The van der Waals surface area contributed by atoms with Gasteiger partial charge in [0.2, 0.25) is 0 Å². The lowest BCUT2D eigenvalue weighted by Crippen LogP contribution is -2.40. The summed E-state index contributed by atoms with van der Waals surface area (Å²) in [6.45, 7) is 10.1. The number of thiazole rings is 1. The van der Waals surface area contributed by atoms with Crippen molar-refractivity contribution < 1.29 is 19.0 Å². The first kappa shape index (κ1) is 30.3. The van der Waals surface area contributed by atoms with Crippen LogP contribution >= 0.6 is 22.9 Å². The number of esters is 1. The molecule has 0 saturated heterocycles. The van der Waals surface area contributed by atoms with Crippen molar-refractivity contribution in [2.75, 3.05) is 6.61 Å². The molecule has 1 aromatic heterocycles. The van der Waals surface area contributed by atoms with Crippen LogP contribution in [0.5, 0.6) is 11.5 Å². The number of rotatable bonds is 9. The Labute approximate surface area is 259 Å². The molecule has 3 aromatic carbocycles. The maximum Gasteiger partial charge on any atom is 0.338 e. The minimum Gasteiger partial charge on any atom is -0.490 e. The Bertz CT molecular complexity index is 1890. The molecule has 0 fully saturated rings. The molecule has 2 heterocycles. The number of halogens is 1. The third-order valence-corrected chi connectivity index (χ3v) is 8.15. The number of ether oxygens (including phenoxy) is 3. The molecule has 0 radical (unpaired) electrons. The van der Waals surface area contributed by atoms with Crippen LogP contribution in [0.2, 0.25) is 5.02 Å². The maximum atomic E-state index is 14.0. The molecule has 0 saturated carbocycles. The topological polar surface area (TPSA) is 79.1 Å². The molecule has 222 valence electrons. The molecule has 4 aromatic rings. The van der Waals surface area contributed by atoms with Crippen molar-refractivity contribution in [1.82, 2.24) is 4.57 Å². The first-order valence-corrected chi connectivity index (χ1v) is 15.3. The summed E-state index contributed by atoms with van der Waals surface area (Å²) >= 11 is 7.87. The first-order valence-electron chi connectivity index (χ1n) is 14.1. The highest BCUT2D eigenvalue weighted by molar-refractivity contribution is 7.07. The zero-order valence-electron chi connectivity index (χ0n) is 24.7. The SMILES string of the molecule is CCOc1cc(C=c2sc3n(c2=O)C(c2ccccc2Cl)C(C(=O)OC(C)C)=C(C)N=3)ccc1OCc1cccc(C)c1. The van der Waals surface area contributed by atoms with E-state index in [4.69, 9.17) is 25.8 Å². The molecule has 0 spiro atoms. The number of allylic oxidation sites excluding steroid dienone is 1. The van der Waals surface area contributed by atoms with Gasteiger partial charge in [-0.1, -0.05) is 77.0 Å². The average molecular weight is 617 g/mol. The van der Waals surface area contributed by atoms with Crippen LogP contribution in [0.25, 0.3) is 6.08 Å². The van der Waals surface area contributed by atoms with Gasteiger partial charge in [0, 0.05) is 5.02 Å². The molecule has 1 atom stereocenters. The van der Waals surface area contributed by atoms with Crippen molar-refractivity contribution in [2.45, 2.75) is 53.4 Å². The quantitative estimate of drug-likeness (QED) is 0.212. The van der Waals surface area contributed by atoms with E-state index in [1.54, 1.807) is 32.9 Å². The predicted octanol–water partition coefficient (Wildman–Crippen LogP) is 6.13. The Morgan fingerprint density at radius 2 is 1.84 bits per heavy atom. The minimum absolute atomic E-state index is 0.284. The van der Waals surface area contributed by atoms with Gasteiger partial charge in [0.1, 0.15) is 12.6 Å². The Balaban J connectivity index is 1.56. The molecule has 43 heavy (non-hydrogen) atoms. The van der Waals surface area contributed by atoms with Crippen LogP contribution in [-0.4, -0.2) is 23.2 Å². The van der Waals surface area contributed by atoms with Crippen LogP contribution in [0.3, 0.4) is 0 Å². The minimum atomic E-state index is -0.783. The number of nitrogens with zero attached hydrogens (tertiary/aromatic N) is 2. The summed E-state index contributed by atoms with van der Waals surface area (Å²) in [5, 5.41) is 0.439. The molecule has 0 amide bonds. The van der Waals surface area contributed by atoms with Crippen LogP contribution in [-0.2, 0) is 16.1 Å². The van der Waals surface area contributed by atoms with Gasteiger partial charge in [-0.2, -0.15) is 0 Å². The fourth-order valence-corrected chi connectivity index (χ4v) is 6.25. The molecule has 0 N–H and O–H groups in total. The van der Waals surface area contributed by atoms with E-state index in [1.165, 1.54) is 21.5 Å². The second-order valence-electron chi connectivity index (χ2n) is 10.5. The lowest BCUT2D eigenvalue weighted by molar-refractivity contribution is -0.143. The van der Waals surface area contributed by atoms with Gasteiger partial charge in [0.25, 0.3) is 5.56 Å². The van der Waals surface area contributed by atoms with Crippen LogP contribution in [0.4, 0.5) is 0 Å². The summed E-state index contributed by atoms with van der Waals surface area (Å²) in [6, 6.07) is 20.2. The summed E-state index contributed by atoms with van der Waals surface area (Å²) in [7, 11) is 0. The van der Waals surface area contributed by atoms with E-state index in [1.807, 2.05) is 68.4 Å². The zero-order chi connectivity index (χ0) is 30.7. The van der Waals surface area contributed by atoms with Gasteiger partial charge in [0.05, 0.1) is 28.5 Å². The number of hydrogen-bond acceptors (Lipinski definition) is 7. The number of carbonyl (C=O) groups is 1. The van der Waals surface area contributed by atoms with E-state index >= 15 is 0 Å². The fraction of sp³-hybridized carbons (Fsp3) is 0.265. The predicted molar refractivity (Wildman–Crippen MR) is 170 cm³/mol. The maximum absolute atomic E-state index is 14.0. The van der Waals surface area contributed by atoms with E-state index in [0.29, 0.717) is 50.3 Å². The van der Waals surface area contributed by atoms with E-state index in [-0.39, 0.29) is 17.2 Å². The number of fused-ring (bicyclic) bond motifs is 1. The molecule has 0 bridgehead atoms. The molecule has 1 unspecified atom stereocenters. The van der Waals surface area contributed by atoms with E-state index in [9.17, 15) is 9.59 Å². The van der Waals surface area contributed by atoms with Gasteiger partial charge >= 0.3 is 5.97 Å². The van der Waals surface area contributed by atoms with Gasteiger partial charge in [0.15, 0.2) is 16.3 Å². The summed E-state index contributed by atoms with van der Waals surface area (Å²) in [5.41, 5.74) is 4.10. The standard InChI is InChI=1S/C34H33ClN2O5S/c1-6-40-28-17-23(14-15-27(28)41-19-24-11-9-10-21(4)16-24)18-29-32(38)37-31(25-12-7-8-13-26(25)35)30(33(39)42-20(2)3)22(5)36-34(37)43-29/h7-18,20,31H,6,19H2,1-5H3. The number of aryl methyl sites for hydroxylation is 1. The third kappa shape index (κ3) is 6.60. The van der Waals surface area contributed by atoms with Gasteiger partial charge in [-0.25, -0.2) is 9.79 Å². The highest BCUT2D eigenvalue weighted by Crippen LogP contribution is 2.35.